The normalized spacial score (nSPS) is 25.7. The Morgan fingerprint density at radius 3 is 2.22 bits per heavy atom. The molecule has 140 valence electrons. The van der Waals surface area contributed by atoms with E-state index < -0.39 is 0 Å². The van der Waals surface area contributed by atoms with Crippen LogP contribution in [0.1, 0.15) is 54.4 Å². The molecule has 7 nitrogen and oxygen atoms in total. The van der Waals surface area contributed by atoms with Crippen molar-refractivity contribution >= 4 is 11.9 Å². The fraction of sp³-hybridized carbons (Fsp3) is 0.550. The standard InChI is InChI=1S/C20H24N6O/c27-18(26-11-14-3-1-2-4-15(14)12-26)16-7-23-19(24-8-16)25-20(5-6-20)17-9-21-13-22-10-17/h7-10,13-15H,1-6,11-12H2,(H,23,24,25). The minimum atomic E-state index is -0.169. The molecule has 7 heteroatoms. The van der Waals surface area contributed by atoms with E-state index in [1.807, 2.05) is 17.3 Å². The predicted molar refractivity (Wildman–Crippen MR) is 100.0 cm³/mol. The SMILES string of the molecule is O=C(c1cnc(NC2(c3cncnc3)CC2)nc1)N1CC2CCCCC2C1. The van der Waals surface area contributed by atoms with Gasteiger partial charge in [-0.1, -0.05) is 12.8 Å². The van der Waals surface area contributed by atoms with Gasteiger partial charge < -0.3 is 10.2 Å². The van der Waals surface area contributed by atoms with Crippen molar-refractivity contribution in [3.05, 3.63) is 42.2 Å². The van der Waals surface area contributed by atoms with Crippen molar-refractivity contribution in [2.24, 2.45) is 11.8 Å². The van der Waals surface area contributed by atoms with Crippen LogP contribution in [-0.2, 0) is 5.54 Å². The van der Waals surface area contributed by atoms with Gasteiger partial charge in [-0.3, -0.25) is 4.79 Å². The molecule has 2 aliphatic carbocycles. The monoisotopic (exact) mass is 364 g/mol. The molecule has 3 aliphatic rings. The number of hydrogen-bond acceptors (Lipinski definition) is 6. The van der Waals surface area contributed by atoms with Gasteiger partial charge in [0.2, 0.25) is 5.95 Å². The molecule has 3 fully saturated rings. The van der Waals surface area contributed by atoms with Crippen LogP contribution in [0.5, 0.6) is 0 Å². The van der Waals surface area contributed by atoms with Crippen molar-refractivity contribution in [3.63, 3.8) is 0 Å². The first-order chi connectivity index (χ1) is 13.2. The van der Waals surface area contributed by atoms with E-state index in [9.17, 15) is 4.79 Å². The summed E-state index contributed by atoms with van der Waals surface area (Å²) in [5.41, 5.74) is 1.46. The number of amides is 1. The molecular weight excluding hydrogens is 340 g/mol. The summed E-state index contributed by atoms with van der Waals surface area (Å²) in [4.78, 5) is 31.8. The predicted octanol–water partition coefficient (Wildman–Crippen LogP) is 2.63. The highest BCUT2D eigenvalue weighted by Crippen LogP contribution is 2.47. The number of carbonyl (C=O) groups excluding carboxylic acids is 1. The Morgan fingerprint density at radius 1 is 1.00 bits per heavy atom. The topological polar surface area (TPSA) is 83.9 Å². The maximum absolute atomic E-state index is 12.8. The lowest BCUT2D eigenvalue weighted by Crippen LogP contribution is -2.29. The Bertz CT molecular complexity index is 806. The van der Waals surface area contributed by atoms with Gasteiger partial charge in [-0.25, -0.2) is 19.9 Å². The summed E-state index contributed by atoms with van der Waals surface area (Å²) in [6.07, 6.45) is 15.6. The van der Waals surface area contributed by atoms with Gasteiger partial charge in [0.25, 0.3) is 5.91 Å². The third-order valence-corrected chi connectivity index (χ3v) is 6.38. The van der Waals surface area contributed by atoms with Crippen LogP contribution in [0.3, 0.4) is 0 Å². The second-order valence-corrected chi connectivity index (χ2v) is 8.14. The van der Waals surface area contributed by atoms with Crippen LogP contribution in [0.4, 0.5) is 5.95 Å². The lowest BCUT2D eigenvalue weighted by molar-refractivity contribution is 0.0783. The van der Waals surface area contributed by atoms with Crippen molar-refractivity contribution in [3.8, 4) is 0 Å². The second kappa shape index (κ2) is 6.55. The molecule has 1 N–H and O–H groups in total. The van der Waals surface area contributed by atoms with Gasteiger partial charge >= 0.3 is 0 Å². The Kier molecular flexibility index (Phi) is 4.02. The van der Waals surface area contributed by atoms with E-state index in [1.165, 1.54) is 32.0 Å². The molecule has 2 unspecified atom stereocenters. The largest absolute Gasteiger partial charge is 0.345 e. The van der Waals surface area contributed by atoms with E-state index in [0.717, 1.165) is 31.5 Å². The number of likely N-dealkylation sites (tertiary alicyclic amines) is 1. The van der Waals surface area contributed by atoms with Crippen molar-refractivity contribution in [1.29, 1.82) is 0 Å². The van der Waals surface area contributed by atoms with Gasteiger partial charge in [0.1, 0.15) is 6.33 Å². The number of nitrogens with zero attached hydrogens (tertiary/aromatic N) is 5. The minimum Gasteiger partial charge on any atom is -0.345 e. The number of nitrogens with one attached hydrogen (secondary N) is 1. The highest BCUT2D eigenvalue weighted by atomic mass is 16.2. The van der Waals surface area contributed by atoms with Gasteiger partial charge in [-0.2, -0.15) is 0 Å². The van der Waals surface area contributed by atoms with Gasteiger partial charge in [0.15, 0.2) is 0 Å². The van der Waals surface area contributed by atoms with Crippen LogP contribution in [0.15, 0.2) is 31.1 Å². The van der Waals surface area contributed by atoms with Gasteiger partial charge in [-0.05, 0) is 37.5 Å². The molecular formula is C20H24N6O. The Balaban J connectivity index is 1.26. The Morgan fingerprint density at radius 2 is 1.63 bits per heavy atom. The van der Waals surface area contributed by atoms with Gasteiger partial charge in [0, 0.05) is 43.4 Å². The van der Waals surface area contributed by atoms with E-state index in [1.54, 1.807) is 12.4 Å². The van der Waals surface area contributed by atoms with Crippen LogP contribution >= 0.6 is 0 Å². The van der Waals surface area contributed by atoms with Crippen molar-refractivity contribution in [2.75, 3.05) is 18.4 Å². The quantitative estimate of drug-likeness (QED) is 0.898. The summed E-state index contributed by atoms with van der Waals surface area (Å²) >= 11 is 0. The molecule has 2 aromatic rings. The molecule has 1 aliphatic heterocycles. The summed E-state index contributed by atoms with van der Waals surface area (Å²) < 4.78 is 0. The molecule has 1 amide bonds. The molecule has 2 saturated carbocycles. The van der Waals surface area contributed by atoms with Crippen LogP contribution in [0.2, 0.25) is 0 Å². The molecule has 0 bridgehead atoms. The zero-order valence-corrected chi connectivity index (χ0v) is 15.3. The van der Waals surface area contributed by atoms with Crippen molar-refractivity contribution < 1.29 is 4.79 Å². The first kappa shape index (κ1) is 16.6. The number of hydrogen-bond donors (Lipinski definition) is 1. The first-order valence-corrected chi connectivity index (χ1v) is 9.88. The number of carbonyl (C=O) groups is 1. The molecule has 0 radical (unpaired) electrons. The number of anilines is 1. The fourth-order valence-electron chi connectivity index (χ4n) is 4.63. The lowest BCUT2D eigenvalue weighted by atomic mass is 9.82. The molecule has 0 aromatic carbocycles. The molecule has 2 aromatic heterocycles. The molecule has 1 saturated heterocycles. The summed E-state index contributed by atoms with van der Waals surface area (Å²) in [5, 5.41) is 3.39. The first-order valence-electron chi connectivity index (χ1n) is 9.88. The molecule has 27 heavy (non-hydrogen) atoms. The highest BCUT2D eigenvalue weighted by Gasteiger charge is 2.45. The average Bonchev–Trinajstić information content (AvgIpc) is 3.37. The maximum atomic E-state index is 12.8. The van der Waals surface area contributed by atoms with Crippen LogP contribution in [-0.4, -0.2) is 43.8 Å². The Labute approximate surface area is 158 Å². The van der Waals surface area contributed by atoms with E-state index >= 15 is 0 Å². The van der Waals surface area contributed by atoms with Crippen LogP contribution in [0.25, 0.3) is 0 Å². The van der Waals surface area contributed by atoms with E-state index in [0.29, 0.717) is 23.3 Å². The van der Waals surface area contributed by atoms with E-state index in [2.05, 4.69) is 25.3 Å². The zero-order valence-electron chi connectivity index (χ0n) is 15.3. The summed E-state index contributed by atoms with van der Waals surface area (Å²) in [6, 6.07) is 0. The van der Waals surface area contributed by atoms with E-state index in [4.69, 9.17) is 0 Å². The van der Waals surface area contributed by atoms with Crippen molar-refractivity contribution in [1.82, 2.24) is 24.8 Å². The Hall–Kier alpha value is -2.57. The van der Waals surface area contributed by atoms with Crippen LogP contribution < -0.4 is 5.32 Å². The summed E-state index contributed by atoms with van der Waals surface area (Å²) in [5.74, 6) is 1.98. The van der Waals surface area contributed by atoms with Gasteiger partial charge in [0.05, 0.1) is 11.1 Å². The second-order valence-electron chi connectivity index (χ2n) is 8.14. The summed E-state index contributed by atoms with van der Waals surface area (Å²) in [7, 11) is 0. The number of rotatable bonds is 4. The fourth-order valence-corrected chi connectivity index (χ4v) is 4.63. The highest BCUT2D eigenvalue weighted by molar-refractivity contribution is 5.93. The average molecular weight is 364 g/mol. The lowest BCUT2D eigenvalue weighted by Gasteiger charge is -2.22. The molecule has 5 rings (SSSR count). The molecule has 2 atom stereocenters. The summed E-state index contributed by atoms with van der Waals surface area (Å²) in [6.45, 7) is 1.78. The maximum Gasteiger partial charge on any atom is 0.257 e. The minimum absolute atomic E-state index is 0.0635. The third kappa shape index (κ3) is 3.15. The smallest absolute Gasteiger partial charge is 0.257 e. The van der Waals surface area contributed by atoms with Crippen LogP contribution in [0, 0.1) is 11.8 Å². The molecule has 3 heterocycles. The number of fused-ring (bicyclic) bond motifs is 1. The molecule has 0 spiro atoms. The third-order valence-electron chi connectivity index (χ3n) is 6.38. The van der Waals surface area contributed by atoms with Crippen molar-refractivity contribution in [2.45, 2.75) is 44.1 Å². The van der Waals surface area contributed by atoms with Gasteiger partial charge in [-0.15, -0.1) is 0 Å². The van der Waals surface area contributed by atoms with E-state index in [-0.39, 0.29) is 11.4 Å². The zero-order chi connectivity index (χ0) is 18.3. The number of aromatic nitrogens is 4.